The van der Waals surface area contributed by atoms with Gasteiger partial charge in [0.15, 0.2) is 0 Å². The fraction of sp³-hybridized carbons (Fsp3) is 0.727. The molecule has 0 aromatic carbocycles. The van der Waals surface area contributed by atoms with Crippen LogP contribution in [0.4, 0.5) is 0 Å². The van der Waals surface area contributed by atoms with Gasteiger partial charge in [0.05, 0.1) is 8.07 Å². The van der Waals surface area contributed by atoms with E-state index in [2.05, 4.69) is 33.0 Å². The highest BCUT2D eigenvalue weighted by atomic mass is 28.3. The largest absolute Gasteiger partial charge is 0.351 e. The summed E-state index contributed by atoms with van der Waals surface area (Å²) in [5.74, 6) is 0. The number of rotatable bonds is 5. The van der Waals surface area contributed by atoms with E-state index >= 15 is 0 Å². The molecule has 0 fully saturated rings. The molecule has 0 aliphatic heterocycles. The molecule has 0 atom stereocenters. The zero-order valence-corrected chi connectivity index (χ0v) is 11.3. The molecule has 1 amide bonds. The van der Waals surface area contributed by atoms with Crippen LogP contribution in [-0.2, 0) is 4.79 Å². The topological polar surface area (TPSA) is 20.3 Å². The second-order valence-electron chi connectivity index (χ2n) is 3.70. The molecule has 0 aliphatic carbocycles. The minimum absolute atomic E-state index is 0.750. The first kappa shape index (κ1) is 15.9. The third kappa shape index (κ3) is 6.89. The Morgan fingerprint density at radius 2 is 1.43 bits per heavy atom. The van der Waals surface area contributed by atoms with Gasteiger partial charge in [-0.3, -0.25) is 4.79 Å². The predicted octanol–water partition coefficient (Wildman–Crippen LogP) is 2.92. The molecule has 84 valence electrons. The van der Waals surface area contributed by atoms with Gasteiger partial charge in [-0.2, -0.15) is 0 Å². The molecule has 0 aliphatic rings. The van der Waals surface area contributed by atoms with E-state index in [0.29, 0.717) is 0 Å². The molecule has 0 rings (SSSR count). The summed E-state index contributed by atoms with van der Waals surface area (Å²) in [5, 5.41) is 0. The molecule has 0 saturated heterocycles. The minimum atomic E-state index is -0.927. The van der Waals surface area contributed by atoms with Crippen LogP contribution < -0.4 is 0 Å². The van der Waals surface area contributed by atoms with Crippen molar-refractivity contribution in [1.29, 1.82) is 0 Å². The van der Waals surface area contributed by atoms with Crippen molar-refractivity contribution < 1.29 is 4.79 Å². The van der Waals surface area contributed by atoms with E-state index < -0.39 is 8.07 Å². The third-order valence-electron chi connectivity index (χ3n) is 2.76. The first-order valence-electron chi connectivity index (χ1n) is 5.27. The summed E-state index contributed by atoms with van der Waals surface area (Å²) in [6.07, 6.45) is 0.750. The number of amides is 1. The van der Waals surface area contributed by atoms with Crippen molar-refractivity contribution in [2.75, 3.05) is 14.1 Å². The summed E-state index contributed by atoms with van der Waals surface area (Å²) in [4.78, 5) is 10.9. The highest BCUT2D eigenvalue weighted by molar-refractivity contribution is 6.84. The maximum Gasteiger partial charge on any atom is 0.209 e. The second kappa shape index (κ2) is 9.00. The highest BCUT2D eigenvalue weighted by Crippen LogP contribution is 2.20. The molecule has 3 heteroatoms. The van der Waals surface area contributed by atoms with Crippen molar-refractivity contribution in [2.24, 2.45) is 0 Å². The van der Waals surface area contributed by atoms with Crippen molar-refractivity contribution in [3.05, 3.63) is 12.3 Å². The molecule has 0 radical (unpaired) electrons. The van der Waals surface area contributed by atoms with Crippen LogP contribution >= 0.6 is 0 Å². The Morgan fingerprint density at radius 1 is 1.14 bits per heavy atom. The van der Waals surface area contributed by atoms with Crippen LogP contribution in [0.5, 0.6) is 0 Å². The van der Waals surface area contributed by atoms with Crippen molar-refractivity contribution >= 4 is 14.5 Å². The van der Waals surface area contributed by atoms with Crippen LogP contribution in [0.1, 0.15) is 20.8 Å². The average Bonchev–Trinajstić information content (AvgIpc) is 2.23. The SMILES string of the molecule is C=C[Si](CC)(CC)CC.CN(C)C=O. The van der Waals surface area contributed by atoms with E-state index in [9.17, 15) is 4.79 Å². The quantitative estimate of drug-likeness (QED) is 0.510. The van der Waals surface area contributed by atoms with Gasteiger partial charge in [-0.15, -0.1) is 12.3 Å². The van der Waals surface area contributed by atoms with Crippen LogP contribution in [-0.4, -0.2) is 33.5 Å². The van der Waals surface area contributed by atoms with E-state index in [4.69, 9.17) is 0 Å². The molecule has 0 unspecified atom stereocenters. The first-order valence-corrected chi connectivity index (χ1v) is 7.97. The number of hydrogen-bond acceptors (Lipinski definition) is 1. The smallest absolute Gasteiger partial charge is 0.209 e. The fourth-order valence-corrected chi connectivity index (χ4v) is 3.55. The predicted molar refractivity (Wildman–Crippen MR) is 67.1 cm³/mol. The van der Waals surface area contributed by atoms with Crippen LogP contribution in [0, 0.1) is 0 Å². The molecule has 0 aromatic heterocycles. The van der Waals surface area contributed by atoms with Gasteiger partial charge >= 0.3 is 0 Å². The monoisotopic (exact) mass is 215 g/mol. The van der Waals surface area contributed by atoms with Gasteiger partial charge in [0.1, 0.15) is 0 Å². The summed E-state index contributed by atoms with van der Waals surface area (Å²) in [6, 6.07) is 4.09. The van der Waals surface area contributed by atoms with Crippen LogP contribution in [0.15, 0.2) is 12.3 Å². The minimum Gasteiger partial charge on any atom is -0.351 e. The van der Waals surface area contributed by atoms with Crippen LogP contribution in [0.3, 0.4) is 0 Å². The van der Waals surface area contributed by atoms with Gasteiger partial charge in [0, 0.05) is 14.1 Å². The molecule has 0 aromatic rings. The second-order valence-corrected chi connectivity index (χ2v) is 8.95. The van der Waals surface area contributed by atoms with E-state index in [1.807, 2.05) is 0 Å². The van der Waals surface area contributed by atoms with Gasteiger partial charge < -0.3 is 4.90 Å². The van der Waals surface area contributed by atoms with Crippen molar-refractivity contribution in [2.45, 2.75) is 38.9 Å². The van der Waals surface area contributed by atoms with E-state index in [1.54, 1.807) is 14.1 Å². The lowest BCUT2D eigenvalue weighted by Crippen LogP contribution is -2.27. The zero-order valence-electron chi connectivity index (χ0n) is 10.3. The normalized spacial score (nSPS) is 9.79. The Kier molecular flexibility index (Phi) is 10.2. The highest BCUT2D eigenvalue weighted by Gasteiger charge is 2.21. The first-order chi connectivity index (χ1) is 6.51. The molecule has 0 heterocycles. The molecule has 0 bridgehead atoms. The molecule has 14 heavy (non-hydrogen) atoms. The summed E-state index contributed by atoms with van der Waals surface area (Å²) < 4.78 is 0. The number of hydrogen-bond donors (Lipinski definition) is 0. The van der Waals surface area contributed by atoms with Crippen LogP contribution in [0.25, 0.3) is 0 Å². The van der Waals surface area contributed by atoms with Crippen molar-refractivity contribution in [3.63, 3.8) is 0 Å². The molecule has 0 saturated carbocycles. The summed E-state index contributed by atoms with van der Waals surface area (Å²) >= 11 is 0. The van der Waals surface area contributed by atoms with Gasteiger partial charge in [0.25, 0.3) is 0 Å². The standard InChI is InChI=1S/C8H18Si.C3H7NO/c1-5-9(6-2,7-3)8-4;1-4(2)3-5/h5H,1,6-8H2,2-4H3;3H,1-2H3. The third-order valence-corrected chi connectivity index (χ3v) is 7.85. The Labute approximate surface area is 90.0 Å². The summed E-state index contributed by atoms with van der Waals surface area (Å²) in [6.45, 7) is 10.8. The van der Waals surface area contributed by atoms with E-state index in [0.717, 1.165) is 6.41 Å². The average molecular weight is 215 g/mol. The lowest BCUT2D eigenvalue weighted by Gasteiger charge is -2.22. The summed E-state index contributed by atoms with van der Waals surface area (Å²) in [7, 11) is 2.45. The molecule has 2 nitrogen and oxygen atoms in total. The maximum atomic E-state index is 9.43. The van der Waals surface area contributed by atoms with Crippen LogP contribution in [0.2, 0.25) is 18.1 Å². The van der Waals surface area contributed by atoms with Crippen molar-refractivity contribution in [3.8, 4) is 0 Å². The van der Waals surface area contributed by atoms with E-state index in [1.165, 1.54) is 23.0 Å². The van der Waals surface area contributed by atoms with Gasteiger partial charge in [0.2, 0.25) is 6.41 Å². The zero-order chi connectivity index (χ0) is 11.6. The lowest BCUT2D eigenvalue weighted by molar-refractivity contribution is -0.115. The maximum absolute atomic E-state index is 9.43. The lowest BCUT2D eigenvalue weighted by atomic mass is 10.9. The summed E-state index contributed by atoms with van der Waals surface area (Å²) in [5.41, 5.74) is 2.24. The molecular formula is C11H25NOSi. The molecular weight excluding hydrogens is 190 g/mol. The molecule has 0 spiro atoms. The molecule has 0 N–H and O–H groups in total. The van der Waals surface area contributed by atoms with Gasteiger partial charge in [-0.25, -0.2) is 0 Å². The Hall–Kier alpha value is -0.573. The van der Waals surface area contributed by atoms with E-state index in [-0.39, 0.29) is 0 Å². The number of carbonyl (C=O) groups is 1. The Bertz CT molecular complexity index is 145. The fourth-order valence-electron chi connectivity index (χ4n) is 1.18. The van der Waals surface area contributed by atoms with Crippen molar-refractivity contribution in [1.82, 2.24) is 4.90 Å². The number of nitrogens with zero attached hydrogens (tertiary/aromatic N) is 1. The Morgan fingerprint density at radius 3 is 1.43 bits per heavy atom. The van der Waals surface area contributed by atoms with Gasteiger partial charge in [-0.05, 0) is 0 Å². The Balaban J connectivity index is 0. The number of carbonyl (C=O) groups excluding carboxylic acids is 1. The van der Waals surface area contributed by atoms with Gasteiger partial charge in [-0.1, -0.05) is 38.9 Å².